The number of amides is 1. The SMILES string of the molecule is O=C([O-])c1ccc(-c2ccc(/C=C3/SC(=S)N(c4cccc(C(F)(F)F)c4)C3=O)o2)cc1. The van der Waals surface area contributed by atoms with Crippen LogP contribution in [-0.2, 0) is 11.0 Å². The number of anilines is 1. The lowest BCUT2D eigenvalue weighted by Crippen LogP contribution is -2.27. The highest BCUT2D eigenvalue weighted by molar-refractivity contribution is 8.27. The van der Waals surface area contributed by atoms with Crippen LogP contribution in [0, 0.1) is 0 Å². The zero-order valence-electron chi connectivity index (χ0n) is 15.9. The number of carbonyl (C=O) groups is 2. The van der Waals surface area contributed by atoms with E-state index in [4.69, 9.17) is 16.6 Å². The lowest BCUT2D eigenvalue weighted by Gasteiger charge is -2.16. The minimum atomic E-state index is -4.55. The molecule has 0 radical (unpaired) electrons. The summed E-state index contributed by atoms with van der Waals surface area (Å²) in [5, 5.41) is 10.9. The topological polar surface area (TPSA) is 73.6 Å². The van der Waals surface area contributed by atoms with Gasteiger partial charge in [0.05, 0.1) is 22.1 Å². The summed E-state index contributed by atoms with van der Waals surface area (Å²) in [6.45, 7) is 0. The number of nitrogens with zero attached hydrogens (tertiary/aromatic N) is 1. The van der Waals surface area contributed by atoms with Crippen LogP contribution >= 0.6 is 24.0 Å². The van der Waals surface area contributed by atoms with Crippen molar-refractivity contribution < 1.29 is 32.3 Å². The van der Waals surface area contributed by atoms with Crippen molar-refractivity contribution in [2.24, 2.45) is 0 Å². The number of alkyl halides is 3. The number of carboxylic acid groups (broad SMARTS) is 1. The minimum Gasteiger partial charge on any atom is -0.545 e. The van der Waals surface area contributed by atoms with Crippen molar-refractivity contribution in [3.63, 3.8) is 0 Å². The van der Waals surface area contributed by atoms with Crippen molar-refractivity contribution in [2.45, 2.75) is 6.18 Å². The number of carboxylic acids is 1. The number of hydrogen-bond acceptors (Lipinski definition) is 6. The van der Waals surface area contributed by atoms with E-state index < -0.39 is 23.6 Å². The standard InChI is InChI=1S/C22H12F3NO4S2/c23-22(24,25)14-2-1-3-15(10-14)26-19(27)18(32-21(26)31)11-16-8-9-17(30-16)12-4-6-13(7-5-12)20(28)29/h1-11H,(H,28,29)/p-1/b18-11+. The van der Waals surface area contributed by atoms with Crippen LogP contribution < -0.4 is 10.0 Å². The Morgan fingerprint density at radius 1 is 1.09 bits per heavy atom. The molecule has 1 saturated heterocycles. The maximum Gasteiger partial charge on any atom is 0.416 e. The quantitative estimate of drug-likeness (QED) is 0.402. The molecule has 5 nitrogen and oxygen atoms in total. The maximum absolute atomic E-state index is 13.0. The van der Waals surface area contributed by atoms with Crippen molar-refractivity contribution in [1.82, 2.24) is 0 Å². The molecule has 1 aliphatic rings. The van der Waals surface area contributed by atoms with Crippen molar-refractivity contribution in [3.05, 3.63) is 82.5 Å². The molecule has 1 aliphatic heterocycles. The van der Waals surface area contributed by atoms with Crippen LogP contribution in [0.2, 0.25) is 0 Å². The highest BCUT2D eigenvalue weighted by atomic mass is 32.2. The molecule has 0 bridgehead atoms. The highest BCUT2D eigenvalue weighted by Crippen LogP contribution is 2.38. The molecule has 2 heterocycles. The summed E-state index contributed by atoms with van der Waals surface area (Å²) in [4.78, 5) is 24.9. The summed E-state index contributed by atoms with van der Waals surface area (Å²) < 4.78 is 44.9. The van der Waals surface area contributed by atoms with E-state index in [1.165, 1.54) is 30.3 Å². The third-order valence-corrected chi connectivity index (χ3v) is 5.83. The molecule has 3 aromatic rings. The summed E-state index contributed by atoms with van der Waals surface area (Å²) in [7, 11) is 0. The second-order valence-electron chi connectivity index (χ2n) is 6.63. The van der Waals surface area contributed by atoms with Gasteiger partial charge in [-0.1, -0.05) is 54.3 Å². The molecule has 0 saturated carbocycles. The lowest BCUT2D eigenvalue weighted by molar-refractivity contribution is -0.255. The summed E-state index contributed by atoms with van der Waals surface area (Å²) in [5.74, 6) is -1.09. The van der Waals surface area contributed by atoms with Gasteiger partial charge in [-0.2, -0.15) is 13.2 Å². The molecule has 4 rings (SSSR count). The van der Waals surface area contributed by atoms with Gasteiger partial charge < -0.3 is 14.3 Å². The molecule has 32 heavy (non-hydrogen) atoms. The number of furan rings is 1. The molecule has 1 amide bonds. The molecular weight excluding hydrogens is 463 g/mol. The average Bonchev–Trinajstić information content (AvgIpc) is 3.32. The molecule has 162 valence electrons. The molecule has 0 N–H and O–H groups in total. The minimum absolute atomic E-state index is 0.0267. The van der Waals surface area contributed by atoms with Crippen molar-refractivity contribution in [1.29, 1.82) is 0 Å². The summed E-state index contributed by atoms with van der Waals surface area (Å²) in [6.07, 6.45) is -3.10. The van der Waals surface area contributed by atoms with Crippen LogP contribution in [0.3, 0.4) is 0 Å². The third kappa shape index (κ3) is 4.32. The van der Waals surface area contributed by atoms with E-state index in [2.05, 4.69) is 0 Å². The zero-order valence-corrected chi connectivity index (χ0v) is 17.5. The largest absolute Gasteiger partial charge is 0.545 e. The molecule has 10 heteroatoms. The normalized spacial score (nSPS) is 15.6. The average molecular weight is 474 g/mol. The van der Waals surface area contributed by atoms with E-state index in [9.17, 15) is 27.9 Å². The predicted molar refractivity (Wildman–Crippen MR) is 116 cm³/mol. The maximum atomic E-state index is 13.0. The van der Waals surface area contributed by atoms with Gasteiger partial charge in [-0.3, -0.25) is 9.69 Å². The molecule has 0 unspecified atom stereocenters. The van der Waals surface area contributed by atoms with Crippen LogP contribution in [0.1, 0.15) is 21.7 Å². The highest BCUT2D eigenvalue weighted by Gasteiger charge is 2.36. The number of thiocarbonyl (C=S) groups is 1. The molecule has 1 fully saturated rings. The van der Waals surface area contributed by atoms with E-state index in [1.807, 2.05) is 0 Å². The van der Waals surface area contributed by atoms with E-state index >= 15 is 0 Å². The number of benzene rings is 2. The van der Waals surface area contributed by atoms with Crippen LogP contribution in [0.15, 0.2) is 70.0 Å². The first kappa shape index (κ1) is 21.8. The fraction of sp³-hybridized carbons (Fsp3) is 0.0455. The van der Waals surface area contributed by atoms with Gasteiger partial charge in [0.15, 0.2) is 4.32 Å². The fourth-order valence-electron chi connectivity index (χ4n) is 3.00. The van der Waals surface area contributed by atoms with Gasteiger partial charge in [0.25, 0.3) is 5.91 Å². The van der Waals surface area contributed by atoms with E-state index in [-0.39, 0.29) is 20.5 Å². The number of carbonyl (C=O) groups excluding carboxylic acids is 2. The molecule has 2 aromatic carbocycles. The Balaban J connectivity index is 1.58. The molecule has 0 atom stereocenters. The first-order valence-corrected chi connectivity index (χ1v) is 10.2. The second-order valence-corrected chi connectivity index (χ2v) is 8.31. The first-order valence-electron chi connectivity index (χ1n) is 9.00. The molecule has 0 aliphatic carbocycles. The second kappa shape index (κ2) is 8.29. The van der Waals surface area contributed by atoms with Crippen LogP contribution in [0.25, 0.3) is 17.4 Å². The van der Waals surface area contributed by atoms with Crippen molar-refractivity contribution >= 4 is 51.9 Å². The Bertz CT molecular complexity index is 1260. The van der Waals surface area contributed by atoms with Gasteiger partial charge in [0.1, 0.15) is 11.5 Å². The van der Waals surface area contributed by atoms with E-state index in [0.29, 0.717) is 17.1 Å². The third-order valence-electron chi connectivity index (χ3n) is 4.53. The molecule has 1 aromatic heterocycles. The van der Waals surface area contributed by atoms with Gasteiger partial charge in [-0.25, -0.2) is 0 Å². The summed E-state index contributed by atoms with van der Waals surface area (Å²) in [5.41, 5.74) is -0.211. The number of thioether (sulfide) groups is 1. The van der Waals surface area contributed by atoms with Crippen LogP contribution in [0.4, 0.5) is 18.9 Å². The van der Waals surface area contributed by atoms with Gasteiger partial charge in [-0.15, -0.1) is 0 Å². The Morgan fingerprint density at radius 2 is 1.81 bits per heavy atom. The van der Waals surface area contributed by atoms with Crippen molar-refractivity contribution in [3.8, 4) is 11.3 Å². The Hall–Kier alpha value is -3.37. The van der Waals surface area contributed by atoms with Crippen molar-refractivity contribution in [2.75, 3.05) is 4.90 Å². The number of aromatic carboxylic acids is 1. The predicted octanol–water partition coefficient (Wildman–Crippen LogP) is 4.73. The number of hydrogen-bond donors (Lipinski definition) is 0. The van der Waals surface area contributed by atoms with Crippen LogP contribution in [-0.4, -0.2) is 16.2 Å². The van der Waals surface area contributed by atoms with Gasteiger partial charge in [0, 0.05) is 11.6 Å². The van der Waals surface area contributed by atoms with Gasteiger partial charge >= 0.3 is 6.18 Å². The smallest absolute Gasteiger partial charge is 0.416 e. The number of halogens is 3. The lowest BCUT2D eigenvalue weighted by atomic mass is 10.1. The molecule has 0 spiro atoms. The first-order chi connectivity index (χ1) is 15.1. The fourth-order valence-corrected chi connectivity index (χ4v) is 4.28. The number of rotatable bonds is 4. The molecular formula is C22H11F3NO4S2-. The Morgan fingerprint density at radius 3 is 2.47 bits per heavy atom. The van der Waals surface area contributed by atoms with E-state index in [1.54, 1.807) is 24.3 Å². The summed E-state index contributed by atoms with van der Waals surface area (Å²) >= 11 is 6.16. The monoisotopic (exact) mass is 474 g/mol. The summed E-state index contributed by atoms with van der Waals surface area (Å²) in [6, 6.07) is 13.5. The zero-order chi connectivity index (χ0) is 23.0. The van der Waals surface area contributed by atoms with Gasteiger partial charge in [0.2, 0.25) is 0 Å². The van der Waals surface area contributed by atoms with Crippen LogP contribution in [0.5, 0.6) is 0 Å². The van der Waals surface area contributed by atoms with Gasteiger partial charge in [-0.05, 0) is 35.9 Å². The Kier molecular flexibility index (Phi) is 5.66. The van der Waals surface area contributed by atoms with E-state index in [0.717, 1.165) is 28.8 Å². The Labute approximate surface area is 189 Å².